The van der Waals surface area contributed by atoms with Crippen LogP contribution in [-0.4, -0.2) is 52.1 Å². The summed E-state index contributed by atoms with van der Waals surface area (Å²) >= 11 is 0. The molecule has 0 N–H and O–H groups in total. The van der Waals surface area contributed by atoms with Crippen molar-refractivity contribution < 1.29 is 9.53 Å². The highest BCUT2D eigenvalue weighted by Gasteiger charge is 2.38. The summed E-state index contributed by atoms with van der Waals surface area (Å²) in [7, 11) is 3.55. The summed E-state index contributed by atoms with van der Waals surface area (Å²) < 4.78 is 7.34. The van der Waals surface area contributed by atoms with Crippen LogP contribution in [0.3, 0.4) is 0 Å². The molecule has 1 aromatic heterocycles. The normalized spacial score (nSPS) is 22.9. The van der Waals surface area contributed by atoms with Crippen LogP contribution in [0.2, 0.25) is 0 Å². The predicted octanol–water partition coefficient (Wildman–Crippen LogP) is 1.95. The lowest BCUT2D eigenvalue weighted by Gasteiger charge is -2.22. The fraction of sp³-hybridized carbons (Fsp3) is 0.526. The number of likely N-dealkylation sites (tertiary alicyclic amines) is 1. The zero-order valence-corrected chi connectivity index (χ0v) is 14.8. The number of rotatable bonds is 3. The highest BCUT2D eigenvalue weighted by Crippen LogP contribution is 2.31. The maximum absolute atomic E-state index is 13.2. The van der Waals surface area contributed by atoms with E-state index in [0.29, 0.717) is 13.1 Å². The van der Waals surface area contributed by atoms with E-state index in [2.05, 4.69) is 16.4 Å². The SMILES string of the molecule is CO[C@@H]1CN(C(=O)c2cccc3c2CCCC3)C[C@H]1c1cn(C)nn1. The zero-order chi connectivity index (χ0) is 17.4. The molecule has 2 heterocycles. The van der Waals surface area contributed by atoms with Crippen molar-refractivity contribution in [1.29, 1.82) is 0 Å². The first-order chi connectivity index (χ1) is 12.2. The number of hydrogen-bond acceptors (Lipinski definition) is 4. The number of methoxy groups -OCH3 is 1. The van der Waals surface area contributed by atoms with Gasteiger partial charge in [-0.05, 0) is 42.9 Å². The second-order valence-electron chi connectivity index (χ2n) is 7.06. The summed E-state index contributed by atoms with van der Waals surface area (Å²) in [5.41, 5.74) is 4.34. The number of carbonyl (C=O) groups is 1. The summed E-state index contributed by atoms with van der Waals surface area (Å²) in [6, 6.07) is 6.15. The molecule has 0 radical (unpaired) electrons. The lowest BCUT2D eigenvalue weighted by Crippen LogP contribution is -2.31. The molecule has 132 valence electrons. The molecule has 0 saturated carbocycles. The Morgan fingerprint density at radius 3 is 2.84 bits per heavy atom. The van der Waals surface area contributed by atoms with Crippen LogP contribution in [0.15, 0.2) is 24.4 Å². The Bertz CT molecular complexity index is 785. The predicted molar refractivity (Wildman–Crippen MR) is 93.5 cm³/mol. The zero-order valence-electron chi connectivity index (χ0n) is 14.8. The number of amides is 1. The number of nitrogens with zero attached hydrogens (tertiary/aromatic N) is 4. The standard InChI is InChI=1S/C19H24N4O2/c1-22-11-17(20-21-22)16-10-23(12-18(16)25-2)19(24)15-9-5-7-13-6-3-4-8-14(13)15/h5,7,9,11,16,18H,3-4,6,8,10,12H2,1-2H3/t16-,18+/m0/s1. The Balaban J connectivity index is 1.59. The van der Waals surface area contributed by atoms with Gasteiger partial charge < -0.3 is 9.64 Å². The van der Waals surface area contributed by atoms with Crippen LogP contribution < -0.4 is 0 Å². The van der Waals surface area contributed by atoms with E-state index in [-0.39, 0.29) is 17.9 Å². The second-order valence-corrected chi connectivity index (χ2v) is 7.06. The van der Waals surface area contributed by atoms with Gasteiger partial charge in [0.25, 0.3) is 5.91 Å². The van der Waals surface area contributed by atoms with Gasteiger partial charge in [0, 0.05) is 39.0 Å². The molecule has 1 aliphatic carbocycles. The van der Waals surface area contributed by atoms with E-state index in [1.165, 1.54) is 24.0 Å². The number of ether oxygens (including phenoxy) is 1. The summed E-state index contributed by atoms with van der Waals surface area (Å²) in [4.78, 5) is 15.1. The van der Waals surface area contributed by atoms with E-state index in [4.69, 9.17) is 4.74 Å². The van der Waals surface area contributed by atoms with Crippen LogP contribution >= 0.6 is 0 Å². The van der Waals surface area contributed by atoms with Crippen LogP contribution in [0.1, 0.15) is 45.9 Å². The molecule has 2 aromatic rings. The first kappa shape index (κ1) is 16.3. The summed E-state index contributed by atoms with van der Waals surface area (Å²) in [6.45, 7) is 1.22. The lowest BCUT2D eigenvalue weighted by atomic mass is 9.88. The van der Waals surface area contributed by atoms with Gasteiger partial charge in [-0.15, -0.1) is 5.10 Å². The van der Waals surface area contributed by atoms with Crippen LogP contribution in [-0.2, 0) is 24.6 Å². The van der Waals surface area contributed by atoms with Crippen LogP contribution in [0.5, 0.6) is 0 Å². The summed E-state index contributed by atoms with van der Waals surface area (Å²) in [5.74, 6) is 0.189. The molecular weight excluding hydrogens is 316 g/mol. The van der Waals surface area contributed by atoms with Crippen molar-refractivity contribution in [3.05, 3.63) is 46.8 Å². The van der Waals surface area contributed by atoms with Crippen molar-refractivity contribution in [2.75, 3.05) is 20.2 Å². The van der Waals surface area contributed by atoms with E-state index in [9.17, 15) is 4.79 Å². The maximum Gasteiger partial charge on any atom is 0.254 e. The number of benzene rings is 1. The fourth-order valence-electron chi connectivity index (χ4n) is 4.15. The topological polar surface area (TPSA) is 60.2 Å². The van der Waals surface area contributed by atoms with Gasteiger partial charge >= 0.3 is 0 Å². The minimum atomic E-state index is -0.0415. The average Bonchev–Trinajstić information content (AvgIpc) is 3.26. The van der Waals surface area contributed by atoms with Gasteiger partial charge in [0.15, 0.2) is 0 Å². The van der Waals surface area contributed by atoms with E-state index in [0.717, 1.165) is 24.1 Å². The minimum Gasteiger partial charge on any atom is -0.379 e. The Kier molecular flexibility index (Phi) is 4.29. The molecule has 0 bridgehead atoms. The molecule has 4 rings (SSSR count). The largest absolute Gasteiger partial charge is 0.379 e. The molecule has 25 heavy (non-hydrogen) atoms. The van der Waals surface area contributed by atoms with E-state index in [1.54, 1.807) is 11.8 Å². The number of carbonyl (C=O) groups excluding carboxylic acids is 1. The first-order valence-electron chi connectivity index (χ1n) is 8.96. The number of fused-ring (bicyclic) bond motifs is 1. The van der Waals surface area contributed by atoms with Crippen molar-refractivity contribution in [3.63, 3.8) is 0 Å². The third-order valence-corrected chi connectivity index (χ3v) is 5.48. The smallest absolute Gasteiger partial charge is 0.254 e. The van der Waals surface area contributed by atoms with Gasteiger partial charge in [-0.1, -0.05) is 17.3 Å². The first-order valence-corrected chi connectivity index (χ1v) is 8.96. The molecule has 0 unspecified atom stereocenters. The van der Waals surface area contributed by atoms with Crippen molar-refractivity contribution >= 4 is 5.91 Å². The van der Waals surface area contributed by atoms with Gasteiger partial charge in [-0.2, -0.15) is 0 Å². The van der Waals surface area contributed by atoms with E-state index < -0.39 is 0 Å². The van der Waals surface area contributed by atoms with E-state index in [1.807, 2.05) is 30.3 Å². The van der Waals surface area contributed by atoms with Gasteiger partial charge in [0.1, 0.15) is 0 Å². The molecule has 1 aliphatic heterocycles. The van der Waals surface area contributed by atoms with Gasteiger partial charge in [0.2, 0.25) is 0 Å². The van der Waals surface area contributed by atoms with Crippen molar-refractivity contribution in [2.24, 2.45) is 7.05 Å². The molecule has 2 atom stereocenters. The Hall–Kier alpha value is -2.21. The van der Waals surface area contributed by atoms with Crippen molar-refractivity contribution in [3.8, 4) is 0 Å². The number of aromatic nitrogens is 3. The van der Waals surface area contributed by atoms with Crippen LogP contribution in [0.25, 0.3) is 0 Å². The Morgan fingerprint density at radius 1 is 1.24 bits per heavy atom. The maximum atomic E-state index is 13.2. The highest BCUT2D eigenvalue weighted by molar-refractivity contribution is 5.96. The second kappa shape index (κ2) is 6.59. The van der Waals surface area contributed by atoms with Crippen molar-refractivity contribution in [1.82, 2.24) is 19.9 Å². The molecule has 0 spiro atoms. The lowest BCUT2D eigenvalue weighted by molar-refractivity contribution is 0.0713. The number of aryl methyl sites for hydroxylation is 2. The Morgan fingerprint density at radius 2 is 2.08 bits per heavy atom. The summed E-state index contributed by atoms with van der Waals surface area (Å²) in [5, 5.41) is 8.25. The van der Waals surface area contributed by atoms with Gasteiger partial charge in [-0.3, -0.25) is 9.48 Å². The molecule has 1 aromatic carbocycles. The average molecular weight is 340 g/mol. The molecule has 2 aliphatic rings. The molecule has 6 nitrogen and oxygen atoms in total. The van der Waals surface area contributed by atoms with E-state index >= 15 is 0 Å². The van der Waals surface area contributed by atoms with Crippen molar-refractivity contribution in [2.45, 2.75) is 37.7 Å². The Labute approximate surface area is 147 Å². The summed E-state index contributed by atoms with van der Waals surface area (Å²) in [6.07, 6.45) is 6.34. The molecule has 1 amide bonds. The van der Waals surface area contributed by atoms with Crippen LogP contribution in [0.4, 0.5) is 0 Å². The fourth-order valence-corrected chi connectivity index (χ4v) is 4.15. The van der Waals surface area contributed by atoms with Gasteiger partial charge in [-0.25, -0.2) is 0 Å². The molecule has 6 heteroatoms. The molecular formula is C19H24N4O2. The van der Waals surface area contributed by atoms with Crippen LogP contribution in [0, 0.1) is 0 Å². The third kappa shape index (κ3) is 2.95. The molecule has 1 saturated heterocycles. The number of hydrogen-bond donors (Lipinski definition) is 0. The van der Waals surface area contributed by atoms with Gasteiger partial charge in [0.05, 0.1) is 17.7 Å². The highest BCUT2D eigenvalue weighted by atomic mass is 16.5. The monoisotopic (exact) mass is 340 g/mol. The quantitative estimate of drug-likeness (QED) is 0.857. The minimum absolute atomic E-state index is 0.0415. The third-order valence-electron chi connectivity index (χ3n) is 5.48. The molecule has 1 fully saturated rings.